The number of aromatic nitrogens is 2. The van der Waals surface area contributed by atoms with Crippen LogP contribution in [0.15, 0.2) is 62.6 Å². The molecule has 1 fully saturated rings. The van der Waals surface area contributed by atoms with Crippen molar-refractivity contribution in [2.45, 2.75) is 31.8 Å². The zero-order valence-corrected chi connectivity index (χ0v) is 17.1. The molecular formula is C23H24N4O4. The van der Waals surface area contributed by atoms with E-state index in [1.807, 2.05) is 30.3 Å². The molecular weight excluding hydrogens is 396 g/mol. The maximum absolute atomic E-state index is 12.8. The van der Waals surface area contributed by atoms with Crippen molar-refractivity contribution >= 4 is 28.0 Å². The van der Waals surface area contributed by atoms with Crippen LogP contribution >= 0.6 is 0 Å². The predicted octanol–water partition coefficient (Wildman–Crippen LogP) is 3.08. The minimum atomic E-state index is -0.366. The fraction of sp³-hybridized carbons (Fsp3) is 0.348. The highest BCUT2D eigenvalue weighted by Gasteiger charge is 2.25. The molecule has 160 valence electrons. The molecule has 5 rings (SSSR count). The number of benzene rings is 1. The van der Waals surface area contributed by atoms with Gasteiger partial charge in [0.25, 0.3) is 5.56 Å². The smallest absolute Gasteiger partial charge is 0.297 e. The van der Waals surface area contributed by atoms with Crippen LogP contribution in [0.5, 0.6) is 0 Å². The van der Waals surface area contributed by atoms with Crippen LogP contribution in [0.3, 0.4) is 0 Å². The first-order valence-corrected chi connectivity index (χ1v) is 10.6. The number of carbonyl (C=O) groups is 1. The van der Waals surface area contributed by atoms with Gasteiger partial charge in [-0.1, -0.05) is 18.6 Å². The van der Waals surface area contributed by atoms with Gasteiger partial charge < -0.3 is 14.2 Å². The summed E-state index contributed by atoms with van der Waals surface area (Å²) in [6, 6.07) is 11.1. The largest absolute Gasteiger partial charge is 0.468 e. The number of hydrogen-bond donors (Lipinski definition) is 1. The second kappa shape index (κ2) is 8.39. The standard InChI is InChI=1S/C23H24N4O4/c28-20(24-13-17(19-9-6-12-30-19)26-10-4-1-5-11-26)14-27-15-25-21-16-7-2-3-8-18(16)31-22(21)23(27)29/h2-3,6-9,12,15,17H,1,4-5,10-11,13-14H2,(H,24,28). The molecule has 1 aliphatic heterocycles. The van der Waals surface area contributed by atoms with E-state index in [2.05, 4.69) is 15.2 Å². The van der Waals surface area contributed by atoms with Gasteiger partial charge in [0.15, 0.2) is 0 Å². The number of nitrogens with one attached hydrogen (secondary N) is 1. The molecule has 1 aliphatic rings. The molecule has 0 radical (unpaired) electrons. The molecule has 0 saturated carbocycles. The molecule has 3 aromatic heterocycles. The molecule has 0 spiro atoms. The molecule has 1 aromatic carbocycles. The van der Waals surface area contributed by atoms with Gasteiger partial charge in [0.1, 0.15) is 23.4 Å². The number of rotatable bonds is 6. The fourth-order valence-corrected chi connectivity index (χ4v) is 4.27. The summed E-state index contributed by atoms with van der Waals surface area (Å²) in [5.74, 6) is 0.581. The normalized spacial score (nSPS) is 16.0. The Morgan fingerprint density at radius 1 is 1.13 bits per heavy atom. The van der Waals surface area contributed by atoms with Crippen molar-refractivity contribution in [2.24, 2.45) is 0 Å². The Balaban J connectivity index is 1.31. The Hall–Kier alpha value is -3.39. The summed E-state index contributed by atoms with van der Waals surface area (Å²) in [6.45, 7) is 2.26. The lowest BCUT2D eigenvalue weighted by Crippen LogP contribution is -2.41. The molecule has 4 aromatic rings. The van der Waals surface area contributed by atoms with Crippen molar-refractivity contribution in [3.8, 4) is 0 Å². The van der Waals surface area contributed by atoms with Gasteiger partial charge in [-0.25, -0.2) is 4.98 Å². The number of hydrogen-bond acceptors (Lipinski definition) is 6. The Morgan fingerprint density at radius 3 is 2.77 bits per heavy atom. The van der Waals surface area contributed by atoms with Crippen LogP contribution < -0.4 is 10.9 Å². The molecule has 1 saturated heterocycles. The van der Waals surface area contributed by atoms with E-state index in [0.717, 1.165) is 37.1 Å². The number of amides is 1. The number of carbonyl (C=O) groups excluding carboxylic acids is 1. The van der Waals surface area contributed by atoms with Crippen molar-refractivity contribution in [1.82, 2.24) is 19.8 Å². The first kappa shape index (κ1) is 19.6. The summed E-state index contributed by atoms with van der Waals surface area (Å²) in [5.41, 5.74) is 0.917. The lowest BCUT2D eigenvalue weighted by atomic mass is 10.1. The van der Waals surface area contributed by atoms with E-state index in [9.17, 15) is 9.59 Å². The van der Waals surface area contributed by atoms with Crippen LogP contribution in [0.1, 0.15) is 31.1 Å². The topological polar surface area (TPSA) is 93.5 Å². The molecule has 31 heavy (non-hydrogen) atoms. The summed E-state index contributed by atoms with van der Waals surface area (Å²) in [6.07, 6.45) is 6.57. The van der Waals surface area contributed by atoms with Crippen LogP contribution in [-0.4, -0.2) is 40.0 Å². The molecule has 1 atom stereocenters. The van der Waals surface area contributed by atoms with E-state index in [4.69, 9.17) is 8.83 Å². The highest BCUT2D eigenvalue weighted by atomic mass is 16.3. The minimum Gasteiger partial charge on any atom is -0.468 e. The molecule has 1 unspecified atom stereocenters. The first-order chi connectivity index (χ1) is 15.2. The van der Waals surface area contributed by atoms with Crippen LogP contribution in [0, 0.1) is 0 Å². The summed E-state index contributed by atoms with van der Waals surface area (Å²) >= 11 is 0. The Labute approximate surface area is 178 Å². The van der Waals surface area contributed by atoms with Gasteiger partial charge in [-0.05, 0) is 50.2 Å². The maximum Gasteiger partial charge on any atom is 0.297 e. The predicted molar refractivity (Wildman–Crippen MR) is 116 cm³/mol. The molecule has 1 amide bonds. The van der Waals surface area contributed by atoms with Gasteiger partial charge in [0.05, 0.1) is 18.6 Å². The lowest BCUT2D eigenvalue weighted by Gasteiger charge is -2.33. The molecule has 0 bridgehead atoms. The van der Waals surface area contributed by atoms with E-state index < -0.39 is 0 Å². The average molecular weight is 420 g/mol. The number of fused-ring (bicyclic) bond motifs is 3. The summed E-state index contributed by atoms with van der Waals surface area (Å²) < 4.78 is 12.6. The van der Waals surface area contributed by atoms with Crippen molar-refractivity contribution in [3.05, 3.63) is 65.1 Å². The third kappa shape index (κ3) is 3.86. The number of para-hydroxylation sites is 1. The van der Waals surface area contributed by atoms with Gasteiger partial charge in [-0.15, -0.1) is 0 Å². The third-order valence-electron chi connectivity index (χ3n) is 5.86. The van der Waals surface area contributed by atoms with E-state index in [-0.39, 0.29) is 29.6 Å². The maximum atomic E-state index is 12.8. The number of piperidine rings is 1. The fourth-order valence-electron chi connectivity index (χ4n) is 4.27. The zero-order valence-electron chi connectivity index (χ0n) is 17.1. The van der Waals surface area contributed by atoms with Crippen LogP contribution in [0.25, 0.3) is 22.1 Å². The van der Waals surface area contributed by atoms with E-state index >= 15 is 0 Å². The second-order valence-electron chi connectivity index (χ2n) is 7.89. The summed E-state index contributed by atoms with van der Waals surface area (Å²) in [4.78, 5) is 32.2. The molecule has 8 heteroatoms. The molecule has 4 heterocycles. The number of furan rings is 2. The average Bonchev–Trinajstić information content (AvgIpc) is 3.45. The summed E-state index contributed by atoms with van der Waals surface area (Å²) in [5, 5.41) is 3.75. The lowest BCUT2D eigenvalue weighted by molar-refractivity contribution is -0.122. The summed E-state index contributed by atoms with van der Waals surface area (Å²) in [7, 11) is 0. The van der Waals surface area contributed by atoms with E-state index in [1.54, 1.807) is 12.3 Å². The first-order valence-electron chi connectivity index (χ1n) is 10.6. The van der Waals surface area contributed by atoms with E-state index in [0.29, 0.717) is 17.6 Å². The van der Waals surface area contributed by atoms with Crippen molar-refractivity contribution < 1.29 is 13.6 Å². The van der Waals surface area contributed by atoms with E-state index in [1.165, 1.54) is 17.3 Å². The van der Waals surface area contributed by atoms with Gasteiger partial charge in [0, 0.05) is 11.9 Å². The Morgan fingerprint density at radius 2 is 1.97 bits per heavy atom. The third-order valence-corrected chi connectivity index (χ3v) is 5.86. The van der Waals surface area contributed by atoms with Crippen LogP contribution in [0.2, 0.25) is 0 Å². The number of nitrogens with zero attached hydrogens (tertiary/aromatic N) is 3. The van der Waals surface area contributed by atoms with Crippen LogP contribution in [-0.2, 0) is 11.3 Å². The highest BCUT2D eigenvalue weighted by molar-refractivity contribution is 6.01. The SMILES string of the molecule is O=C(Cn1cnc2c(oc3ccccc32)c1=O)NCC(c1ccco1)N1CCCCC1. The molecule has 8 nitrogen and oxygen atoms in total. The Bertz CT molecular complexity index is 1250. The van der Waals surface area contributed by atoms with Gasteiger partial charge >= 0.3 is 0 Å². The Kier molecular flexibility index (Phi) is 5.30. The van der Waals surface area contributed by atoms with Crippen molar-refractivity contribution in [2.75, 3.05) is 19.6 Å². The van der Waals surface area contributed by atoms with Gasteiger partial charge in [0.2, 0.25) is 11.5 Å². The van der Waals surface area contributed by atoms with Gasteiger partial charge in [-0.3, -0.25) is 19.1 Å². The van der Waals surface area contributed by atoms with Crippen molar-refractivity contribution in [1.29, 1.82) is 0 Å². The van der Waals surface area contributed by atoms with Crippen molar-refractivity contribution in [3.63, 3.8) is 0 Å². The molecule has 1 N–H and O–H groups in total. The second-order valence-corrected chi connectivity index (χ2v) is 7.89. The highest BCUT2D eigenvalue weighted by Crippen LogP contribution is 2.25. The monoisotopic (exact) mass is 420 g/mol. The quantitative estimate of drug-likeness (QED) is 0.515. The van der Waals surface area contributed by atoms with Crippen LogP contribution in [0.4, 0.5) is 0 Å². The molecule has 0 aliphatic carbocycles. The van der Waals surface area contributed by atoms with Gasteiger partial charge in [-0.2, -0.15) is 0 Å². The minimum absolute atomic E-state index is 0.0213. The zero-order chi connectivity index (χ0) is 21.2. The number of likely N-dealkylation sites (tertiary alicyclic amines) is 1.